The summed E-state index contributed by atoms with van der Waals surface area (Å²) in [4.78, 5) is 122. The number of nitrogens with one attached hydrogen (secondary N) is 3. The number of fused-ring (bicyclic) bond motifs is 1. The van der Waals surface area contributed by atoms with Gasteiger partial charge in [0.25, 0.3) is 0 Å². The Morgan fingerprint density at radius 2 is 1.42 bits per heavy atom. The molecule has 0 aliphatic heterocycles. The number of primary amides is 2. The van der Waals surface area contributed by atoms with Gasteiger partial charge in [-0.25, -0.2) is 14.4 Å². The third-order valence-corrected chi connectivity index (χ3v) is 13.5. The van der Waals surface area contributed by atoms with Gasteiger partial charge in [-0.2, -0.15) is 0 Å². The Morgan fingerprint density at radius 1 is 0.816 bits per heavy atom. The molecule has 0 spiro atoms. The molecule has 0 fully saturated rings. The minimum Gasteiger partial charge on any atom is -0.481 e. The molecule has 3 aromatic rings. The van der Waals surface area contributed by atoms with Gasteiger partial charge in [0, 0.05) is 67.9 Å². The van der Waals surface area contributed by atoms with Crippen molar-refractivity contribution in [1.29, 1.82) is 0 Å². The first-order chi connectivity index (χ1) is 35.2. The van der Waals surface area contributed by atoms with E-state index < -0.39 is 107 Å². The SMILES string of the molecule is C/C(=C\[C@H](C(C)C)N(C)C(=O)[C@@H](NC(=O)[C@@H](N(C)C(=O)OCc1ccc(N(C(=O)[C@@H](N)C(C)C)[C@@H](CCCNC(N)=O)C(N)=O)cc1)C(C)(C)c1cn(C)c2ccccc12)C(C)(C)C)C(=O)N[C@H](CCC(=O)O)C(=O)O. The van der Waals surface area contributed by atoms with Crippen LogP contribution in [0.4, 0.5) is 15.3 Å². The Bertz CT molecular complexity index is 2620. The van der Waals surface area contributed by atoms with E-state index in [2.05, 4.69) is 16.0 Å². The van der Waals surface area contributed by atoms with Crippen molar-refractivity contribution >= 4 is 70.2 Å². The van der Waals surface area contributed by atoms with E-state index in [4.69, 9.17) is 27.0 Å². The van der Waals surface area contributed by atoms with Crippen LogP contribution in [-0.4, -0.2) is 135 Å². The fourth-order valence-electron chi connectivity index (χ4n) is 9.01. The van der Waals surface area contributed by atoms with Gasteiger partial charge in [0.1, 0.15) is 30.8 Å². The van der Waals surface area contributed by atoms with E-state index in [1.807, 2.05) is 69.8 Å². The van der Waals surface area contributed by atoms with Crippen molar-refractivity contribution in [2.45, 2.75) is 143 Å². The molecule has 22 nitrogen and oxygen atoms in total. The van der Waals surface area contributed by atoms with Gasteiger partial charge in [0.15, 0.2) is 0 Å². The lowest BCUT2D eigenvalue weighted by Gasteiger charge is -2.42. The number of rotatable bonds is 26. The van der Waals surface area contributed by atoms with Gasteiger partial charge in [-0.3, -0.25) is 38.6 Å². The number of aryl methyl sites for hydroxylation is 1. The number of para-hydroxylation sites is 1. The van der Waals surface area contributed by atoms with E-state index in [0.717, 1.165) is 16.5 Å². The quantitative estimate of drug-likeness (QED) is 0.0415. The average molecular weight is 1060 g/mol. The molecule has 0 saturated heterocycles. The maximum absolute atomic E-state index is 15.2. The molecule has 0 aliphatic carbocycles. The first-order valence-electron chi connectivity index (χ1n) is 25.2. The van der Waals surface area contributed by atoms with Gasteiger partial charge >= 0.3 is 24.1 Å². The zero-order chi connectivity index (χ0) is 57.7. The largest absolute Gasteiger partial charge is 0.481 e. The molecule has 22 heteroatoms. The Hall–Kier alpha value is -7.49. The van der Waals surface area contributed by atoms with E-state index >= 15 is 4.79 Å². The van der Waals surface area contributed by atoms with Crippen LogP contribution >= 0.6 is 0 Å². The molecule has 2 aromatic carbocycles. The van der Waals surface area contributed by atoms with Gasteiger partial charge in [-0.15, -0.1) is 0 Å². The zero-order valence-corrected chi connectivity index (χ0v) is 46.1. The van der Waals surface area contributed by atoms with Crippen LogP contribution in [0, 0.1) is 17.3 Å². The second-order valence-corrected chi connectivity index (χ2v) is 21.6. The van der Waals surface area contributed by atoms with Crippen molar-refractivity contribution < 1.29 is 58.1 Å². The number of carboxylic acids is 2. The van der Waals surface area contributed by atoms with Crippen LogP contribution in [0.1, 0.15) is 106 Å². The first-order valence-corrected chi connectivity index (χ1v) is 25.2. The highest BCUT2D eigenvalue weighted by atomic mass is 16.6. The van der Waals surface area contributed by atoms with Crippen molar-refractivity contribution in [3.05, 3.63) is 77.5 Å². The van der Waals surface area contributed by atoms with Crippen LogP contribution in [-0.2, 0) is 57.4 Å². The molecule has 0 saturated carbocycles. The monoisotopic (exact) mass is 1060 g/mol. The second kappa shape index (κ2) is 26.8. The van der Waals surface area contributed by atoms with E-state index in [9.17, 15) is 43.5 Å². The van der Waals surface area contributed by atoms with Crippen molar-refractivity contribution in [1.82, 2.24) is 30.3 Å². The smallest absolute Gasteiger partial charge is 0.410 e. The minimum atomic E-state index is -1.47. The normalized spacial score (nSPS) is 14.4. The number of aromatic nitrogens is 1. The summed E-state index contributed by atoms with van der Waals surface area (Å²) in [5, 5.41) is 27.4. The maximum Gasteiger partial charge on any atom is 0.410 e. The molecular formula is C54H80N10O12. The molecule has 1 heterocycles. The molecule has 11 N–H and O–H groups in total. The molecule has 76 heavy (non-hydrogen) atoms. The molecule has 0 unspecified atom stereocenters. The summed E-state index contributed by atoms with van der Waals surface area (Å²) in [6, 6.07) is 6.28. The summed E-state index contributed by atoms with van der Waals surface area (Å²) in [5.74, 6) is -6.56. The number of urea groups is 1. The number of carbonyl (C=O) groups excluding carboxylic acids is 7. The molecule has 0 bridgehead atoms. The lowest BCUT2D eigenvalue weighted by atomic mass is 9.76. The van der Waals surface area contributed by atoms with Crippen molar-refractivity contribution in [2.75, 3.05) is 25.5 Å². The lowest BCUT2D eigenvalue weighted by molar-refractivity contribution is -0.142. The number of likely N-dealkylation sites (N-methyl/N-ethyl adjacent to an activating group) is 2. The number of aliphatic carboxylic acids is 2. The van der Waals surface area contributed by atoms with E-state index in [1.54, 1.807) is 58.9 Å². The first kappa shape index (κ1) is 62.8. The summed E-state index contributed by atoms with van der Waals surface area (Å²) < 4.78 is 7.79. The molecule has 0 aliphatic rings. The van der Waals surface area contributed by atoms with Crippen LogP contribution in [0.3, 0.4) is 0 Å². The lowest BCUT2D eigenvalue weighted by Crippen LogP contribution is -2.63. The number of carbonyl (C=O) groups is 9. The van der Waals surface area contributed by atoms with Crippen LogP contribution in [0.15, 0.2) is 66.4 Å². The fraction of sp³-hybridized carbons (Fsp3) is 0.537. The predicted molar refractivity (Wildman–Crippen MR) is 287 cm³/mol. The highest BCUT2D eigenvalue weighted by molar-refractivity contribution is 6.03. The number of carboxylic acid groups (broad SMARTS) is 2. The molecule has 3 rings (SSSR count). The number of nitrogens with zero attached hydrogens (tertiary/aromatic N) is 4. The van der Waals surface area contributed by atoms with Crippen LogP contribution in [0.5, 0.6) is 0 Å². The molecule has 6 atom stereocenters. The Balaban J connectivity index is 2.04. The topological polar surface area (TPSA) is 332 Å². The molecule has 0 radical (unpaired) electrons. The molecule has 1 aromatic heterocycles. The standard InChI is InChI=1S/C54H80N10O12/c1-30(2)40(27-32(5)46(68)59-37(50(72)73)24-25-41(65)66)62(12)49(71)43(53(6,7)8)60-47(69)44(54(9,10)36-28-61(11)38-18-15-14-17-35(36)38)63(13)52(75)76-29-33-20-22-34(23-21-33)64(48(70)42(55)31(3)4)39(45(56)67)19-16-26-58-51(57)74/h14-15,17-18,20-23,27-28,30-31,37,39-40,42-44H,16,19,24-26,29,55H2,1-13H3,(H2,56,67)(H,59,68)(H,60,69)(H,65,66)(H,72,73)(H3,57,58,74)/b32-27+/t37-,39+,40-,42+,43-,44-/m1/s1. The van der Waals surface area contributed by atoms with E-state index in [1.165, 1.54) is 41.8 Å². The van der Waals surface area contributed by atoms with Gasteiger partial charge < -0.3 is 57.6 Å². The number of nitrogens with two attached hydrogens (primary N) is 3. The number of hydrogen-bond acceptors (Lipinski definition) is 11. The average Bonchev–Trinajstić information content (AvgIpc) is 3.68. The van der Waals surface area contributed by atoms with Crippen LogP contribution in [0.2, 0.25) is 0 Å². The Labute approximate surface area is 445 Å². The van der Waals surface area contributed by atoms with Crippen molar-refractivity contribution in [3.8, 4) is 0 Å². The van der Waals surface area contributed by atoms with Crippen LogP contribution < -0.4 is 38.1 Å². The Kier molecular flexibility index (Phi) is 22.2. The second-order valence-electron chi connectivity index (χ2n) is 21.6. The van der Waals surface area contributed by atoms with E-state index in [0.29, 0.717) is 5.56 Å². The van der Waals surface area contributed by atoms with Gasteiger partial charge in [-0.05, 0) is 72.8 Å². The summed E-state index contributed by atoms with van der Waals surface area (Å²) in [6.45, 7) is 17.4. The van der Waals surface area contributed by atoms with Gasteiger partial charge in [0.2, 0.25) is 29.5 Å². The summed E-state index contributed by atoms with van der Waals surface area (Å²) in [6.07, 6.45) is 2.03. The third kappa shape index (κ3) is 16.3. The molecule has 418 valence electrons. The maximum atomic E-state index is 15.2. The Morgan fingerprint density at radius 3 is 1.95 bits per heavy atom. The number of benzene rings is 2. The summed E-state index contributed by atoms with van der Waals surface area (Å²) >= 11 is 0. The summed E-state index contributed by atoms with van der Waals surface area (Å²) in [7, 11) is 4.82. The number of anilines is 1. The third-order valence-electron chi connectivity index (χ3n) is 13.5. The zero-order valence-electron chi connectivity index (χ0n) is 46.1. The molecular weight excluding hydrogens is 981 g/mol. The van der Waals surface area contributed by atoms with Gasteiger partial charge in [-0.1, -0.05) is 98.7 Å². The highest BCUT2D eigenvalue weighted by Gasteiger charge is 2.47. The number of ether oxygens (including phenoxy) is 1. The highest BCUT2D eigenvalue weighted by Crippen LogP contribution is 2.37. The van der Waals surface area contributed by atoms with Gasteiger partial charge in [0.05, 0.1) is 12.1 Å². The fourth-order valence-corrected chi connectivity index (χ4v) is 9.01. The van der Waals surface area contributed by atoms with E-state index in [-0.39, 0.29) is 55.5 Å². The predicted octanol–water partition coefficient (Wildman–Crippen LogP) is 4.11. The van der Waals surface area contributed by atoms with Crippen molar-refractivity contribution in [3.63, 3.8) is 0 Å². The number of hydrogen-bond donors (Lipinski definition) is 8. The minimum absolute atomic E-state index is 0.0764. The number of amides is 8. The van der Waals surface area contributed by atoms with Crippen molar-refractivity contribution in [2.24, 2.45) is 41.5 Å². The molecule has 8 amide bonds. The van der Waals surface area contributed by atoms with Crippen LogP contribution in [0.25, 0.3) is 10.9 Å². The summed E-state index contributed by atoms with van der Waals surface area (Å²) in [5.41, 5.74) is 17.7.